The molecule has 0 aliphatic carbocycles. The number of rotatable bonds is 3. The van der Waals surface area contributed by atoms with Gasteiger partial charge in [0.15, 0.2) is 11.6 Å². The molecule has 0 unspecified atom stereocenters. The Bertz CT molecular complexity index is 548. The summed E-state index contributed by atoms with van der Waals surface area (Å²) >= 11 is 0. The van der Waals surface area contributed by atoms with E-state index in [9.17, 15) is 13.6 Å². The standard InChI is InChI=1S/C11H10F2N2O/c12-7-5-6-2-4-15-11(6)10(13)9(7)8(16)1-3-14/h2,4-5,15H,1,3,14H2. The minimum Gasteiger partial charge on any atom is -0.359 e. The molecule has 1 aromatic carbocycles. The fourth-order valence-corrected chi connectivity index (χ4v) is 1.64. The van der Waals surface area contributed by atoms with Crippen molar-refractivity contribution in [1.82, 2.24) is 4.98 Å². The molecule has 0 fully saturated rings. The molecule has 0 radical (unpaired) electrons. The minimum absolute atomic E-state index is 0.0694. The largest absolute Gasteiger partial charge is 0.359 e. The van der Waals surface area contributed by atoms with E-state index in [-0.39, 0.29) is 18.5 Å². The molecule has 16 heavy (non-hydrogen) atoms. The Labute approximate surface area is 90.2 Å². The van der Waals surface area contributed by atoms with E-state index >= 15 is 0 Å². The molecule has 0 atom stereocenters. The summed E-state index contributed by atoms with van der Waals surface area (Å²) in [5.74, 6) is -2.31. The van der Waals surface area contributed by atoms with Gasteiger partial charge < -0.3 is 10.7 Å². The van der Waals surface area contributed by atoms with Crippen LogP contribution in [0.4, 0.5) is 8.78 Å². The van der Waals surface area contributed by atoms with Crippen LogP contribution in [-0.2, 0) is 0 Å². The molecule has 0 aliphatic heterocycles. The van der Waals surface area contributed by atoms with Crippen LogP contribution in [0.25, 0.3) is 10.9 Å². The van der Waals surface area contributed by atoms with Gasteiger partial charge in [0.05, 0.1) is 11.1 Å². The minimum atomic E-state index is -0.849. The zero-order valence-electron chi connectivity index (χ0n) is 8.39. The lowest BCUT2D eigenvalue weighted by atomic mass is 10.0. The zero-order chi connectivity index (χ0) is 11.7. The highest BCUT2D eigenvalue weighted by atomic mass is 19.1. The molecule has 3 N–H and O–H groups in total. The monoisotopic (exact) mass is 224 g/mol. The second-order valence-electron chi connectivity index (χ2n) is 3.45. The van der Waals surface area contributed by atoms with E-state index in [1.54, 1.807) is 6.07 Å². The molecular formula is C11H10F2N2O. The Morgan fingerprint density at radius 1 is 1.44 bits per heavy atom. The van der Waals surface area contributed by atoms with Gasteiger partial charge in [-0.15, -0.1) is 0 Å². The van der Waals surface area contributed by atoms with Gasteiger partial charge in [-0.05, 0) is 18.7 Å². The van der Waals surface area contributed by atoms with Crippen LogP contribution in [-0.4, -0.2) is 17.3 Å². The predicted molar refractivity (Wildman–Crippen MR) is 56.2 cm³/mol. The molecule has 84 valence electrons. The summed E-state index contributed by atoms with van der Waals surface area (Å²) in [5, 5.41) is 0.402. The Kier molecular flexibility index (Phi) is 2.70. The molecule has 0 aliphatic rings. The highest BCUT2D eigenvalue weighted by Crippen LogP contribution is 2.23. The Hall–Kier alpha value is -1.75. The Morgan fingerprint density at radius 2 is 2.19 bits per heavy atom. The fourth-order valence-electron chi connectivity index (χ4n) is 1.64. The number of nitrogens with one attached hydrogen (secondary N) is 1. The number of ketones is 1. The lowest BCUT2D eigenvalue weighted by Crippen LogP contribution is -2.12. The molecule has 0 saturated heterocycles. The van der Waals surface area contributed by atoms with Gasteiger partial charge in [0.1, 0.15) is 5.82 Å². The highest BCUT2D eigenvalue weighted by molar-refractivity contribution is 6.00. The third kappa shape index (κ3) is 1.59. The van der Waals surface area contributed by atoms with Gasteiger partial charge in [0, 0.05) is 18.0 Å². The average Bonchev–Trinajstić information content (AvgIpc) is 2.66. The van der Waals surface area contributed by atoms with Crippen molar-refractivity contribution in [2.75, 3.05) is 6.54 Å². The van der Waals surface area contributed by atoms with Crippen molar-refractivity contribution in [3.8, 4) is 0 Å². The molecule has 2 rings (SSSR count). The molecular weight excluding hydrogens is 214 g/mol. The summed E-state index contributed by atoms with van der Waals surface area (Å²) < 4.78 is 27.3. The molecule has 5 heteroatoms. The van der Waals surface area contributed by atoms with Crippen LogP contribution in [0.1, 0.15) is 16.8 Å². The summed E-state index contributed by atoms with van der Waals surface area (Å²) in [7, 11) is 0. The first kappa shape index (κ1) is 10.8. The molecule has 2 aromatic rings. The first-order valence-electron chi connectivity index (χ1n) is 4.83. The number of hydrogen-bond acceptors (Lipinski definition) is 2. The summed E-state index contributed by atoms with van der Waals surface area (Å²) in [6.07, 6.45) is 1.42. The molecule has 0 amide bonds. The maximum Gasteiger partial charge on any atom is 0.170 e. The number of H-pyrrole nitrogens is 1. The second-order valence-corrected chi connectivity index (χ2v) is 3.45. The number of aromatic amines is 1. The Balaban J connectivity index is 2.63. The first-order valence-corrected chi connectivity index (χ1v) is 4.83. The molecule has 0 saturated carbocycles. The van der Waals surface area contributed by atoms with Gasteiger partial charge in [-0.3, -0.25) is 4.79 Å². The molecule has 0 spiro atoms. The number of carbonyl (C=O) groups is 1. The summed E-state index contributed by atoms with van der Waals surface area (Å²) in [5.41, 5.74) is 4.81. The van der Waals surface area contributed by atoms with Crippen molar-refractivity contribution >= 4 is 16.7 Å². The normalized spacial score (nSPS) is 10.9. The highest BCUT2D eigenvalue weighted by Gasteiger charge is 2.20. The smallest absolute Gasteiger partial charge is 0.170 e. The van der Waals surface area contributed by atoms with Crippen molar-refractivity contribution in [3.05, 3.63) is 35.5 Å². The predicted octanol–water partition coefficient (Wildman–Crippen LogP) is 1.98. The third-order valence-corrected chi connectivity index (χ3v) is 2.39. The van der Waals surface area contributed by atoms with Crippen molar-refractivity contribution in [3.63, 3.8) is 0 Å². The lowest BCUT2D eigenvalue weighted by Gasteiger charge is -2.04. The molecule has 1 heterocycles. The number of hydrogen-bond donors (Lipinski definition) is 2. The quantitative estimate of drug-likeness (QED) is 0.783. The maximum absolute atomic E-state index is 13.8. The summed E-state index contributed by atoms with van der Waals surface area (Å²) in [6, 6.07) is 2.68. The van der Waals surface area contributed by atoms with E-state index in [0.29, 0.717) is 5.39 Å². The van der Waals surface area contributed by atoms with Crippen molar-refractivity contribution in [2.24, 2.45) is 5.73 Å². The lowest BCUT2D eigenvalue weighted by molar-refractivity contribution is 0.0977. The SMILES string of the molecule is NCCC(=O)c1c(F)cc2cc[nH]c2c1F. The van der Waals surface area contributed by atoms with E-state index in [2.05, 4.69) is 4.98 Å². The topological polar surface area (TPSA) is 58.9 Å². The number of nitrogens with two attached hydrogens (primary N) is 1. The van der Waals surface area contributed by atoms with Gasteiger partial charge >= 0.3 is 0 Å². The molecule has 0 bridgehead atoms. The number of fused-ring (bicyclic) bond motifs is 1. The average molecular weight is 224 g/mol. The number of Topliss-reactive ketones (excluding diaryl/α,β-unsaturated/α-hetero) is 1. The van der Waals surface area contributed by atoms with Crippen LogP contribution in [0.3, 0.4) is 0 Å². The first-order chi connectivity index (χ1) is 7.65. The van der Waals surface area contributed by atoms with Gasteiger partial charge in [0.2, 0.25) is 0 Å². The van der Waals surface area contributed by atoms with Gasteiger partial charge in [-0.2, -0.15) is 0 Å². The van der Waals surface area contributed by atoms with Crippen LogP contribution in [0.5, 0.6) is 0 Å². The zero-order valence-corrected chi connectivity index (χ0v) is 8.39. The van der Waals surface area contributed by atoms with Crippen molar-refractivity contribution in [1.29, 1.82) is 0 Å². The van der Waals surface area contributed by atoms with Crippen LogP contribution >= 0.6 is 0 Å². The number of carbonyl (C=O) groups excluding carboxylic acids is 1. The van der Waals surface area contributed by atoms with E-state index < -0.39 is 23.0 Å². The van der Waals surface area contributed by atoms with Crippen molar-refractivity contribution in [2.45, 2.75) is 6.42 Å². The molecule has 3 nitrogen and oxygen atoms in total. The van der Waals surface area contributed by atoms with Crippen LogP contribution < -0.4 is 5.73 Å². The summed E-state index contributed by atoms with van der Waals surface area (Å²) in [4.78, 5) is 14.1. The number of benzene rings is 1. The molecule has 1 aromatic heterocycles. The van der Waals surface area contributed by atoms with Gasteiger partial charge in [-0.25, -0.2) is 8.78 Å². The van der Waals surface area contributed by atoms with E-state index in [1.165, 1.54) is 6.20 Å². The maximum atomic E-state index is 13.8. The fraction of sp³-hybridized carbons (Fsp3) is 0.182. The van der Waals surface area contributed by atoms with Crippen LogP contribution in [0.2, 0.25) is 0 Å². The Morgan fingerprint density at radius 3 is 2.88 bits per heavy atom. The van der Waals surface area contributed by atoms with E-state index in [4.69, 9.17) is 5.73 Å². The number of aromatic nitrogens is 1. The van der Waals surface area contributed by atoms with Crippen molar-refractivity contribution < 1.29 is 13.6 Å². The van der Waals surface area contributed by atoms with E-state index in [1.807, 2.05) is 0 Å². The van der Waals surface area contributed by atoms with Crippen LogP contribution in [0, 0.1) is 11.6 Å². The third-order valence-electron chi connectivity index (χ3n) is 2.39. The van der Waals surface area contributed by atoms with Gasteiger partial charge in [-0.1, -0.05) is 0 Å². The second kappa shape index (κ2) is 4.02. The van der Waals surface area contributed by atoms with Crippen LogP contribution in [0.15, 0.2) is 18.3 Å². The van der Waals surface area contributed by atoms with Gasteiger partial charge in [0.25, 0.3) is 0 Å². The summed E-state index contributed by atoms with van der Waals surface area (Å²) in [6.45, 7) is 0.0699. The van der Waals surface area contributed by atoms with E-state index in [0.717, 1.165) is 6.07 Å². The number of halogens is 2.